The minimum Gasteiger partial charge on any atom is -0.491 e. The Labute approximate surface area is 151 Å². The van der Waals surface area contributed by atoms with Crippen molar-refractivity contribution in [3.8, 4) is 5.75 Å². The summed E-state index contributed by atoms with van der Waals surface area (Å²) in [6.07, 6.45) is 3.84. The van der Waals surface area contributed by atoms with Gasteiger partial charge >= 0.3 is 0 Å². The number of hydrogen-bond donors (Lipinski definition) is 1. The van der Waals surface area contributed by atoms with E-state index in [1.54, 1.807) is 0 Å². The van der Waals surface area contributed by atoms with Gasteiger partial charge in [0.05, 0.1) is 6.61 Å². The van der Waals surface area contributed by atoms with Crippen LogP contribution in [0.25, 0.3) is 11.0 Å². The quantitative estimate of drug-likeness (QED) is 0.759. The van der Waals surface area contributed by atoms with Crippen LogP contribution in [0.3, 0.4) is 0 Å². The van der Waals surface area contributed by atoms with Gasteiger partial charge in [-0.25, -0.2) is 4.98 Å². The first-order valence-electron chi connectivity index (χ1n) is 8.41. The van der Waals surface area contributed by atoms with E-state index in [2.05, 4.69) is 27.0 Å². The van der Waals surface area contributed by atoms with E-state index in [0.29, 0.717) is 18.2 Å². The molecule has 1 N–H and O–H groups in total. The van der Waals surface area contributed by atoms with E-state index in [1.807, 2.05) is 36.7 Å². The summed E-state index contributed by atoms with van der Waals surface area (Å²) in [7, 11) is 0. The summed E-state index contributed by atoms with van der Waals surface area (Å²) >= 11 is 5.99. The van der Waals surface area contributed by atoms with Crippen LogP contribution in [0.1, 0.15) is 5.56 Å². The van der Waals surface area contributed by atoms with Gasteiger partial charge in [0.15, 0.2) is 0 Å². The molecule has 1 atom stereocenters. The minimum absolute atomic E-state index is 0.0521. The van der Waals surface area contributed by atoms with Gasteiger partial charge in [0.25, 0.3) is 0 Å². The zero-order valence-corrected chi connectivity index (χ0v) is 14.6. The van der Waals surface area contributed by atoms with E-state index in [4.69, 9.17) is 21.1 Å². The first-order valence-corrected chi connectivity index (χ1v) is 8.79. The molecule has 1 aliphatic rings. The highest BCUT2D eigenvalue weighted by molar-refractivity contribution is 6.30. The standard InChI is InChI=1S/C19H20ClN3O2/c20-15-2-1-3-16(10-15)25-13-17-12-23(8-9-24-17)11-14-4-6-21-19-18(14)5-7-22-19/h1-7,10,17H,8-9,11-13H2,(H,21,22). The third-order valence-corrected chi connectivity index (χ3v) is 4.63. The molecule has 1 aliphatic heterocycles. The Morgan fingerprint density at radius 3 is 3.20 bits per heavy atom. The molecule has 6 heteroatoms. The van der Waals surface area contributed by atoms with Gasteiger partial charge in [0, 0.05) is 42.4 Å². The van der Waals surface area contributed by atoms with Crippen LogP contribution in [0.4, 0.5) is 0 Å². The van der Waals surface area contributed by atoms with Crippen molar-refractivity contribution in [1.29, 1.82) is 0 Å². The number of hydrogen-bond acceptors (Lipinski definition) is 4. The number of ether oxygens (including phenoxy) is 2. The van der Waals surface area contributed by atoms with E-state index in [1.165, 1.54) is 10.9 Å². The lowest BCUT2D eigenvalue weighted by atomic mass is 10.1. The van der Waals surface area contributed by atoms with Gasteiger partial charge in [-0.3, -0.25) is 4.90 Å². The fourth-order valence-corrected chi connectivity index (χ4v) is 3.35. The van der Waals surface area contributed by atoms with Crippen LogP contribution in [0.2, 0.25) is 5.02 Å². The fourth-order valence-electron chi connectivity index (χ4n) is 3.17. The Hall–Kier alpha value is -2.08. The third kappa shape index (κ3) is 3.95. The van der Waals surface area contributed by atoms with Gasteiger partial charge < -0.3 is 14.5 Å². The molecule has 2 aromatic heterocycles. The molecule has 0 amide bonds. The smallest absolute Gasteiger partial charge is 0.137 e. The van der Waals surface area contributed by atoms with E-state index in [-0.39, 0.29) is 6.10 Å². The summed E-state index contributed by atoms with van der Waals surface area (Å²) in [4.78, 5) is 9.91. The number of rotatable bonds is 5. The number of halogens is 1. The number of fused-ring (bicyclic) bond motifs is 1. The number of benzene rings is 1. The van der Waals surface area contributed by atoms with E-state index < -0.39 is 0 Å². The zero-order valence-electron chi connectivity index (χ0n) is 13.8. The summed E-state index contributed by atoms with van der Waals surface area (Å²) in [6, 6.07) is 11.6. The number of morpholine rings is 1. The lowest BCUT2D eigenvalue weighted by Crippen LogP contribution is -2.44. The van der Waals surface area contributed by atoms with Crippen LogP contribution < -0.4 is 4.74 Å². The molecule has 1 unspecified atom stereocenters. The topological polar surface area (TPSA) is 50.4 Å². The molecule has 3 aromatic rings. The van der Waals surface area contributed by atoms with Crippen molar-refractivity contribution in [2.24, 2.45) is 0 Å². The number of nitrogens with one attached hydrogen (secondary N) is 1. The maximum absolute atomic E-state index is 5.99. The maximum atomic E-state index is 5.99. The third-order valence-electron chi connectivity index (χ3n) is 4.40. The number of H-pyrrole nitrogens is 1. The molecule has 1 saturated heterocycles. The molecule has 0 saturated carbocycles. The number of pyridine rings is 1. The molecule has 1 fully saturated rings. The van der Waals surface area contributed by atoms with Crippen molar-refractivity contribution in [2.75, 3.05) is 26.3 Å². The second-order valence-corrected chi connectivity index (χ2v) is 6.64. The Morgan fingerprint density at radius 2 is 2.28 bits per heavy atom. The average Bonchev–Trinajstić information content (AvgIpc) is 3.10. The van der Waals surface area contributed by atoms with Crippen molar-refractivity contribution in [3.63, 3.8) is 0 Å². The number of aromatic nitrogens is 2. The predicted molar refractivity (Wildman–Crippen MR) is 98.1 cm³/mol. The SMILES string of the molecule is Clc1cccc(OCC2CN(Cc3ccnc4[nH]ccc34)CCO2)c1. The highest BCUT2D eigenvalue weighted by atomic mass is 35.5. The van der Waals surface area contributed by atoms with Crippen LogP contribution in [-0.4, -0.2) is 47.3 Å². The largest absolute Gasteiger partial charge is 0.491 e. The lowest BCUT2D eigenvalue weighted by molar-refractivity contribution is -0.0503. The molecular weight excluding hydrogens is 338 g/mol. The normalized spacial score (nSPS) is 18.5. The molecule has 130 valence electrons. The monoisotopic (exact) mass is 357 g/mol. The van der Waals surface area contributed by atoms with Gasteiger partial charge in [-0.2, -0.15) is 0 Å². The van der Waals surface area contributed by atoms with Crippen molar-refractivity contribution >= 4 is 22.6 Å². The van der Waals surface area contributed by atoms with Crippen LogP contribution >= 0.6 is 11.6 Å². The molecule has 0 bridgehead atoms. The summed E-state index contributed by atoms with van der Waals surface area (Å²) in [5, 5.41) is 1.86. The molecule has 3 heterocycles. The molecule has 0 spiro atoms. The van der Waals surface area contributed by atoms with Crippen molar-refractivity contribution < 1.29 is 9.47 Å². The molecular formula is C19H20ClN3O2. The number of aromatic amines is 1. The summed E-state index contributed by atoms with van der Waals surface area (Å²) in [6.45, 7) is 3.88. The summed E-state index contributed by atoms with van der Waals surface area (Å²) < 4.78 is 11.7. The fraction of sp³-hybridized carbons (Fsp3) is 0.316. The van der Waals surface area contributed by atoms with Crippen molar-refractivity contribution in [2.45, 2.75) is 12.6 Å². The van der Waals surface area contributed by atoms with Crippen molar-refractivity contribution in [1.82, 2.24) is 14.9 Å². The first kappa shape index (κ1) is 16.4. The maximum Gasteiger partial charge on any atom is 0.137 e. The summed E-state index contributed by atoms with van der Waals surface area (Å²) in [5.74, 6) is 0.774. The van der Waals surface area contributed by atoms with E-state index >= 15 is 0 Å². The average molecular weight is 358 g/mol. The Balaban J connectivity index is 1.37. The second kappa shape index (κ2) is 7.44. The summed E-state index contributed by atoms with van der Waals surface area (Å²) in [5.41, 5.74) is 2.22. The van der Waals surface area contributed by atoms with Gasteiger partial charge in [-0.1, -0.05) is 17.7 Å². The molecule has 4 rings (SSSR count). The predicted octanol–water partition coefficient (Wildman–Crippen LogP) is 3.50. The van der Waals surface area contributed by atoms with Gasteiger partial charge in [0.1, 0.15) is 24.1 Å². The van der Waals surface area contributed by atoms with E-state index in [9.17, 15) is 0 Å². The van der Waals surface area contributed by atoms with Crippen LogP contribution in [0, 0.1) is 0 Å². The molecule has 5 nitrogen and oxygen atoms in total. The Kier molecular flexibility index (Phi) is 4.88. The van der Waals surface area contributed by atoms with Gasteiger partial charge in [-0.05, 0) is 35.9 Å². The Bertz CT molecular complexity index is 851. The van der Waals surface area contributed by atoms with Crippen LogP contribution in [0.5, 0.6) is 5.75 Å². The lowest BCUT2D eigenvalue weighted by Gasteiger charge is -2.32. The van der Waals surface area contributed by atoms with Crippen LogP contribution in [0.15, 0.2) is 48.8 Å². The van der Waals surface area contributed by atoms with E-state index in [0.717, 1.165) is 31.0 Å². The van der Waals surface area contributed by atoms with Gasteiger partial charge in [0.2, 0.25) is 0 Å². The molecule has 25 heavy (non-hydrogen) atoms. The van der Waals surface area contributed by atoms with Crippen molar-refractivity contribution in [3.05, 3.63) is 59.4 Å². The molecule has 1 aromatic carbocycles. The highest BCUT2D eigenvalue weighted by Gasteiger charge is 2.22. The zero-order chi connectivity index (χ0) is 17.1. The highest BCUT2D eigenvalue weighted by Crippen LogP contribution is 2.20. The van der Waals surface area contributed by atoms with Crippen LogP contribution in [-0.2, 0) is 11.3 Å². The second-order valence-electron chi connectivity index (χ2n) is 6.21. The number of nitrogens with zero attached hydrogens (tertiary/aromatic N) is 2. The minimum atomic E-state index is 0.0521. The van der Waals surface area contributed by atoms with Gasteiger partial charge in [-0.15, -0.1) is 0 Å². The first-order chi connectivity index (χ1) is 12.3. The molecule has 0 radical (unpaired) electrons. The Morgan fingerprint density at radius 1 is 1.32 bits per heavy atom. The molecule has 0 aliphatic carbocycles.